The molecule has 0 radical (unpaired) electrons. The SMILES string of the molecule is CC(C)[N+]1(C)C2CCCC1CNC2. The van der Waals surface area contributed by atoms with E-state index in [4.69, 9.17) is 0 Å². The molecule has 0 amide bonds. The van der Waals surface area contributed by atoms with Crippen LogP contribution in [0.25, 0.3) is 0 Å². The Labute approximate surface area is 81.9 Å². The van der Waals surface area contributed by atoms with Gasteiger partial charge in [-0.15, -0.1) is 0 Å². The third-order valence-corrected chi connectivity index (χ3v) is 4.52. The normalized spacial score (nSPS) is 45.2. The summed E-state index contributed by atoms with van der Waals surface area (Å²) in [6, 6.07) is 2.55. The molecule has 2 bridgehead atoms. The molecule has 2 heteroatoms. The Morgan fingerprint density at radius 1 is 1.15 bits per heavy atom. The van der Waals surface area contributed by atoms with E-state index in [1.807, 2.05) is 0 Å². The Balaban J connectivity index is 2.23. The number of rotatable bonds is 1. The summed E-state index contributed by atoms with van der Waals surface area (Å²) >= 11 is 0. The summed E-state index contributed by atoms with van der Waals surface area (Å²) in [7, 11) is 2.47. The van der Waals surface area contributed by atoms with Crippen LogP contribution in [0.4, 0.5) is 0 Å². The summed E-state index contributed by atoms with van der Waals surface area (Å²) in [6.07, 6.45) is 4.31. The minimum atomic E-state index is 0.789. The van der Waals surface area contributed by atoms with Crippen LogP contribution in [0.3, 0.4) is 0 Å². The van der Waals surface area contributed by atoms with Crippen molar-refractivity contribution in [1.29, 1.82) is 0 Å². The van der Waals surface area contributed by atoms with Crippen LogP contribution in [0.1, 0.15) is 33.1 Å². The van der Waals surface area contributed by atoms with Gasteiger partial charge in [0.1, 0.15) is 12.1 Å². The molecule has 0 aliphatic carbocycles. The standard InChI is InChI=1S/C11H23N2/c1-9(2)13(3)10-5-4-6-11(13)8-12-7-10/h9-12H,4-8H2,1-3H3/q+1. The lowest BCUT2D eigenvalue weighted by Crippen LogP contribution is -2.72. The van der Waals surface area contributed by atoms with Crippen LogP contribution in [0, 0.1) is 0 Å². The first-order valence-electron chi connectivity index (χ1n) is 5.72. The molecule has 0 aromatic rings. The number of piperazine rings is 1. The van der Waals surface area contributed by atoms with Crippen molar-refractivity contribution in [3.05, 3.63) is 0 Å². The monoisotopic (exact) mass is 183 g/mol. The van der Waals surface area contributed by atoms with Gasteiger partial charge in [-0.05, 0) is 20.3 Å². The van der Waals surface area contributed by atoms with E-state index < -0.39 is 0 Å². The number of nitrogens with zero attached hydrogens (tertiary/aromatic N) is 1. The molecule has 2 aliphatic heterocycles. The molecule has 0 saturated carbocycles. The van der Waals surface area contributed by atoms with Crippen LogP contribution < -0.4 is 5.32 Å². The highest BCUT2D eigenvalue weighted by Gasteiger charge is 2.47. The van der Waals surface area contributed by atoms with Gasteiger partial charge in [0.05, 0.1) is 13.1 Å². The topological polar surface area (TPSA) is 12.0 Å². The summed E-state index contributed by atoms with van der Waals surface area (Å²) in [5.41, 5.74) is 0. The second-order valence-corrected chi connectivity index (χ2v) is 5.21. The Bertz CT molecular complexity index is 167. The predicted octanol–water partition coefficient (Wildman–Crippen LogP) is 1.37. The molecule has 13 heavy (non-hydrogen) atoms. The first kappa shape index (κ1) is 9.47. The van der Waals surface area contributed by atoms with Gasteiger partial charge in [-0.2, -0.15) is 0 Å². The maximum absolute atomic E-state index is 3.58. The van der Waals surface area contributed by atoms with Crippen LogP contribution in [0.2, 0.25) is 0 Å². The Morgan fingerprint density at radius 3 is 2.08 bits per heavy atom. The summed E-state index contributed by atoms with van der Waals surface area (Å²) in [4.78, 5) is 0. The van der Waals surface area contributed by atoms with Gasteiger partial charge < -0.3 is 9.80 Å². The first-order valence-corrected chi connectivity index (χ1v) is 5.72. The number of piperidine rings is 1. The lowest BCUT2D eigenvalue weighted by molar-refractivity contribution is -0.981. The second kappa shape index (κ2) is 3.25. The minimum absolute atomic E-state index is 0.789. The Hall–Kier alpha value is -0.0800. The van der Waals surface area contributed by atoms with E-state index in [0.29, 0.717) is 0 Å². The highest BCUT2D eigenvalue weighted by atomic mass is 15.4. The predicted molar refractivity (Wildman–Crippen MR) is 55.6 cm³/mol. The molecule has 2 nitrogen and oxygen atoms in total. The maximum Gasteiger partial charge on any atom is 0.102 e. The zero-order chi connectivity index (χ0) is 9.47. The van der Waals surface area contributed by atoms with E-state index in [0.717, 1.165) is 18.1 Å². The number of hydrogen-bond acceptors (Lipinski definition) is 1. The third kappa shape index (κ3) is 1.31. The number of likely N-dealkylation sites (N-methyl/N-ethyl adjacent to an activating group) is 1. The van der Waals surface area contributed by atoms with Crippen LogP contribution in [-0.4, -0.2) is 42.7 Å². The molecule has 2 saturated heterocycles. The maximum atomic E-state index is 3.58. The lowest BCUT2D eigenvalue weighted by Gasteiger charge is -2.56. The molecule has 2 fully saturated rings. The van der Waals surface area contributed by atoms with E-state index in [9.17, 15) is 0 Å². The fourth-order valence-corrected chi connectivity index (χ4v) is 3.30. The Morgan fingerprint density at radius 2 is 1.69 bits per heavy atom. The number of fused-ring (bicyclic) bond motifs is 2. The largest absolute Gasteiger partial charge is 0.317 e. The average Bonchev–Trinajstić information content (AvgIpc) is 2.02. The molecule has 2 atom stereocenters. The van der Waals surface area contributed by atoms with E-state index in [1.54, 1.807) is 0 Å². The van der Waals surface area contributed by atoms with E-state index in [2.05, 4.69) is 26.2 Å². The molecule has 76 valence electrons. The second-order valence-electron chi connectivity index (χ2n) is 5.21. The van der Waals surface area contributed by atoms with Gasteiger partial charge in [0.25, 0.3) is 0 Å². The molecular weight excluding hydrogens is 160 g/mol. The van der Waals surface area contributed by atoms with Crippen LogP contribution in [0.15, 0.2) is 0 Å². The van der Waals surface area contributed by atoms with Crippen LogP contribution >= 0.6 is 0 Å². The zero-order valence-electron chi connectivity index (χ0n) is 9.21. The summed E-state index contributed by atoms with van der Waals surface area (Å²) < 4.78 is 1.33. The number of nitrogens with one attached hydrogen (secondary N) is 1. The minimum Gasteiger partial charge on any atom is -0.317 e. The summed E-state index contributed by atoms with van der Waals surface area (Å²) in [5, 5.41) is 3.58. The molecule has 2 heterocycles. The van der Waals surface area contributed by atoms with Gasteiger partial charge in [-0.1, -0.05) is 0 Å². The molecular formula is C11H23N2+. The number of hydrogen-bond donors (Lipinski definition) is 1. The van der Waals surface area contributed by atoms with E-state index in [-0.39, 0.29) is 0 Å². The molecule has 0 aromatic heterocycles. The van der Waals surface area contributed by atoms with Gasteiger partial charge in [-0.3, -0.25) is 0 Å². The average molecular weight is 183 g/mol. The van der Waals surface area contributed by atoms with Crippen molar-refractivity contribution in [3.8, 4) is 0 Å². The van der Waals surface area contributed by atoms with Crippen molar-refractivity contribution in [3.63, 3.8) is 0 Å². The molecule has 2 unspecified atom stereocenters. The smallest absolute Gasteiger partial charge is 0.102 e. The highest BCUT2D eigenvalue weighted by Crippen LogP contribution is 2.34. The van der Waals surface area contributed by atoms with Crippen molar-refractivity contribution < 1.29 is 4.48 Å². The summed E-state index contributed by atoms with van der Waals surface area (Å²) in [5.74, 6) is 0. The third-order valence-electron chi connectivity index (χ3n) is 4.52. The fourth-order valence-electron chi connectivity index (χ4n) is 3.30. The summed E-state index contributed by atoms with van der Waals surface area (Å²) in [6.45, 7) is 7.25. The van der Waals surface area contributed by atoms with E-state index >= 15 is 0 Å². The van der Waals surface area contributed by atoms with Crippen LogP contribution in [0.5, 0.6) is 0 Å². The van der Waals surface area contributed by atoms with E-state index in [1.165, 1.54) is 36.8 Å². The van der Waals surface area contributed by atoms with Crippen molar-refractivity contribution >= 4 is 0 Å². The lowest BCUT2D eigenvalue weighted by atomic mass is 9.87. The molecule has 1 N–H and O–H groups in total. The Kier molecular flexibility index (Phi) is 2.37. The van der Waals surface area contributed by atoms with Crippen molar-refractivity contribution in [2.45, 2.75) is 51.2 Å². The zero-order valence-corrected chi connectivity index (χ0v) is 9.21. The molecule has 2 rings (SSSR count). The fraction of sp³-hybridized carbons (Fsp3) is 1.00. The van der Waals surface area contributed by atoms with Gasteiger partial charge in [-0.25, -0.2) is 0 Å². The van der Waals surface area contributed by atoms with Gasteiger partial charge >= 0.3 is 0 Å². The van der Waals surface area contributed by atoms with Gasteiger partial charge in [0.15, 0.2) is 0 Å². The first-order chi connectivity index (χ1) is 6.15. The quantitative estimate of drug-likeness (QED) is 0.605. The number of quaternary nitrogens is 1. The molecule has 0 spiro atoms. The van der Waals surface area contributed by atoms with Gasteiger partial charge in [0.2, 0.25) is 0 Å². The van der Waals surface area contributed by atoms with Crippen LogP contribution in [-0.2, 0) is 0 Å². The van der Waals surface area contributed by atoms with Gasteiger partial charge in [0, 0.05) is 25.9 Å². The van der Waals surface area contributed by atoms with Crippen molar-refractivity contribution in [1.82, 2.24) is 5.32 Å². The highest BCUT2D eigenvalue weighted by molar-refractivity contribution is 4.82. The molecule has 0 aromatic carbocycles. The molecule has 2 aliphatic rings. The van der Waals surface area contributed by atoms with Crippen molar-refractivity contribution in [2.75, 3.05) is 20.1 Å². The van der Waals surface area contributed by atoms with Crippen molar-refractivity contribution in [2.24, 2.45) is 0 Å².